The second kappa shape index (κ2) is 42.8. The van der Waals surface area contributed by atoms with Crippen molar-refractivity contribution >= 4 is 147 Å². The molecule has 3 atom stereocenters. The number of fused-ring (bicyclic) bond motifs is 10. The molecule has 34 heteroatoms. The molecule has 4 aromatic heterocycles. The van der Waals surface area contributed by atoms with Crippen molar-refractivity contribution in [3.8, 4) is 22.3 Å². The van der Waals surface area contributed by atoms with E-state index in [1.165, 1.54) is 94.0 Å². The maximum atomic E-state index is 13.1. The molecule has 8 aromatic rings. The van der Waals surface area contributed by atoms with Gasteiger partial charge in [0.05, 0.1) is 52.5 Å². The van der Waals surface area contributed by atoms with Gasteiger partial charge in [0.2, 0.25) is 11.8 Å². The van der Waals surface area contributed by atoms with Gasteiger partial charge in [0.1, 0.15) is 36.0 Å². The van der Waals surface area contributed by atoms with Crippen LogP contribution in [0.2, 0.25) is 0 Å². The average molecular weight is 1850 g/mol. The van der Waals surface area contributed by atoms with Gasteiger partial charge < -0.3 is 81.9 Å². The summed E-state index contributed by atoms with van der Waals surface area (Å²) in [4.78, 5) is 126. The number of piperidine rings is 2. The Morgan fingerprint density at radius 3 is 1.22 bits per heavy atom. The lowest BCUT2D eigenvalue weighted by atomic mass is 9.98. The van der Waals surface area contributed by atoms with E-state index in [1.54, 1.807) is 30.9 Å². The summed E-state index contributed by atoms with van der Waals surface area (Å²) >= 11 is 9.20. The molecule has 18 rings (SSSR count). The van der Waals surface area contributed by atoms with Crippen molar-refractivity contribution in [3.05, 3.63) is 162 Å². The number of anilines is 4. The van der Waals surface area contributed by atoms with E-state index >= 15 is 0 Å². The van der Waals surface area contributed by atoms with E-state index < -0.39 is 17.3 Å². The Kier molecular flexibility index (Phi) is 32.8. The van der Waals surface area contributed by atoms with Crippen molar-refractivity contribution in [2.24, 2.45) is 11.8 Å². The number of ketones is 2. The van der Waals surface area contributed by atoms with Crippen molar-refractivity contribution in [1.29, 1.82) is 0 Å². The minimum atomic E-state index is -0.578. The number of ether oxygens (including phenoxy) is 4. The van der Waals surface area contributed by atoms with E-state index in [9.17, 15) is 38.4 Å². The van der Waals surface area contributed by atoms with Crippen LogP contribution in [0.25, 0.3) is 22.3 Å². The fraction of sp³-hybridized carbons (Fsp3) is 0.488. The van der Waals surface area contributed by atoms with Crippen LogP contribution in [-0.2, 0) is 90.0 Å². The number of nitrogens with one attached hydrogen (secondary N) is 6. The standard InChI is InChI=1S/C31H34N4O5S.C21H19N3O2S.C16H24N4O3S.C6H9N3S.C5H8BrNO.C5H9NO.C2H6.BrH/c1-31(2,3)40-30(38)34-14-12-19(16-34)27(36)33-28-32-25-13-15-35(17-26(25)41-28)29(37)39-18-24-22-10-6-4-8-20(22)21-9-5-7-11-23(21)24;22-20-23-18-9-10-24(11-19(18)27-20)21(25)26-12-17-15-7-3-1-5-13(15)14-6-2-4-8-16(14)17;1-16(2,3)23-15(22)20-7-5-10(9-20)13(21)19-14-18-11-4-6-17-8-12(11)24-14;7-6-9-4-1-2-8-3-5(4)10-6;6-4-3-7-2-1-5(4)8;7-5-1-3-6-4-2-5;1-2;/h4-11,19,24H,12-18H2,1-3H3,(H,32,33,36);1-8,17H,9-12H2,(H2,22,23);10,17H,4-9H2,1-3H3,(H,18,19,21);8H,1-3H2,(H2,7,9);4,7H,1-3H2;6H,1-4H2;1-2H3;1H/t19-;;10-;;;;;/m0.0...../s1. The predicted octanol–water partition coefficient (Wildman–Crippen LogP) is 13.9. The number of hydrogen-bond donors (Lipinski definition) is 8. The molecular formula is C86H110Br2N16O12S4. The number of likely N-dealkylation sites (tertiary alicyclic amines) is 2. The van der Waals surface area contributed by atoms with Crippen LogP contribution >= 0.6 is 78.3 Å². The number of nitrogens with two attached hydrogens (primary N) is 2. The van der Waals surface area contributed by atoms with Gasteiger partial charge in [-0.05, 0) is 98.9 Å². The monoisotopic (exact) mass is 1840 g/mol. The number of Topliss-reactive ketones (excluding diaryl/α,β-unsaturated/α-hetero) is 2. The van der Waals surface area contributed by atoms with E-state index in [0.717, 1.165) is 111 Å². The summed E-state index contributed by atoms with van der Waals surface area (Å²) in [5, 5.41) is 21.0. The number of amides is 6. The van der Waals surface area contributed by atoms with Crippen molar-refractivity contribution in [2.45, 2.75) is 167 Å². The molecule has 0 radical (unpaired) electrons. The van der Waals surface area contributed by atoms with E-state index in [-0.39, 0.29) is 82.2 Å². The van der Waals surface area contributed by atoms with E-state index in [2.05, 4.69) is 128 Å². The van der Waals surface area contributed by atoms with Crippen LogP contribution in [-0.4, -0.2) is 195 Å². The summed E-state index contributed by atoms with van der Waals surface area (Å²) in [6, 6.07) is 33.3. The van der Waals surface area contributed by atoms with Gasteiger partial charge in [-0.1, -0.05) is 138 Å². The average Bonchev–Trinajstić information content (AvgIpc) is 1.62. The summed E-state index contributed by atoms with van der Waals surface area (Å²) < 4.78 is 22.4. The fourth-order valence-corrected chi connectivity index (χ4v) is 19.4. The Morgan fingerprint density at radius 1 is 0.467 bits per heavy atom. The van der Waals surface area contributed by atoms with E-state index in [0.29, 0.717) is 117 Å². The number of aromatic nitrogens is 4. The zero-order valence-corrected chi connectivity index (χ0v) is 75.8. The van der Waals surface area contributed by atoms with Gasteiger partial charge >= 0.3 is 24.4 Å². The number of nitrogen functional groups attached to an aromatic ring is 2. The lowest BCUT2D eigenvalue weighted by Crippen LogP contribution is -2.37. The van der Waals surface area contributed by atoms with Gasteiger partial charge in [0, 0.05) is 168 Å². The highest BCUT2D eigenvalue weighted by Crippen LogP contribution is 2.47. The molecule has 0 saturated carbocycles. The normalized spacial score (nSPS) is 18.5. The van der Waals surface area contributed by atoms with Crippen LogP contribution in [0.3, 0.4) is 0 Å². The van der Waals surface area contributed by atoms with E-state index in [4.69, 9.17) is 30.4 Å². The summed E-state index contributed by atoms with van der Waals surface area (Å²) in [5.74, 6) is 0.0648. The molecule has 0 spiro atoms. The quantitative estimate of drug-likeness (QED) is 0.0517. The molecule has 4 fully saturated rings. The third-order valence-electron chi connectivity index (χ3n) is 21.2. The number of carbonyl (C=O) groups excluding carboxylic acids is 8. The molecule has 1 unspecified atom stereocenters. The molecule has 0 bridgehead atoms. The number of carbonyl (C=O) groups is 8. The molecule has 10 aliphatic rings. The zero-order valence-electron chi connectivity index (χ0n) is 69.3. The Morgan fingerprint density at radius 2 is 0.833 bits per heavy atom. The highest BCUT2D eigenvalue weighted by Gasteiger charge is 2.38. The lowest BCUT2D eigenvalue weighted by molar-refractivity contribution is -0.120. The second-order valence-electron chi connectivity index (χ2n) is 31.9. The van der Waals surface area contributed by atoms with Crippen molar-refractivity contribution in [2.75, 3.05) is 114 Å². The molecule has 8 aliphatic heterocycles. The first kappa shape index (κ1) is 91.9. The molecule has 12 heterocycles. The van der Waals surface area contributed by atoms with Crippen LogP contribution in [0, 0.1) is 11.8 Å². The summed E-state index contributed by atoms with van der Waals surface area (Å²) in [7, 11) is 0. The third kappa shape index (κ3) is 24.5. The lowest BCUT2D eigenvalue weighted by Gasteiger charge is -2.26. The number of nitrogens with zero attached hydrogens (tertiary/aromatic N) is 8. The topological polar surface area (TPSA) is 362 Å². The van der Waals surface area contributed by atoms with Crippen molar-refractivity contribution < 1.29 is 57.3 Å². The molecule has 6 amide bonds. The van der Waals surface area contributed by atoms with Gasteiger partial charge in [-0.3, -0.25) is 19.2 Å². The molecule has 120 heavy (non-hydrogen) atoms. The molecule has 4 saturated heterocycles. The summed E-state index contributed by atoms with van der Waals surface area (Å²) in [5.41, 5.74) is 24.1. The Labute approximate surface area is 736 Å². The third-order valence-corrected chi connectivity index (χ3v) is 25.8. The van der Waals surface area contributed by atoms with Gasteiger partial charge in [-0.25, -0.2) is 39.1 Å². The maximum Gasteiger partial charge on any atom is 0.410 e. The molecule has 10 N–H and O–H groups in total. The van der Waals surface area contributed by atoms with Crippen LogP contribution in [0.5, 0.6) is 0 Å². The number of rotatable bonds is 8. The molecule has 4 aromatic carbocycles. The minimum Gasteiger partial charge on any atom is -0.448 e. The van der Waals surface area contributed by atoms with Gasteiger partial charge in [0.15, 0.2) is 20.5 Å². The Hall–Kier alpha value is -8.84. The van der Waals surface area contributed by atoms with Crippen LogP contribution in [0.4, 0.5) is 39.7 Å². The number of hydrogen-bond acceptors (Lipinski definition) is 26. The first-order valence-electron chi connectivity index (χ1n) is 41.0. The molecule has 2 aliphatic carbocycles. The number of thiazole rings is 4. The largest absolute Gasteiger partial charge is 0.448 e. The predicted molar refractivity (Wildman–Crippen MR) is 480 cm³/mol. The Balaban J connectivity index is 0.000000155. The number of benzene rings is 4. The second-order valence-corrected chi connectivity index (χ2v) is 37.4. The maximum absolute atomic E-state index is 13.1. The summed E-state index contributed by atoms with van der Waals surface area (Å²) in [6.07, 6.45) is 5.27. The summed E-state index contributed by atoms with van der Waals surface area (Å²) in [6.45, 7) is 26.6. The molecule has 28 nitrogen and oxygen atoms in total. The highest BCUT2D eigenvalue weighted by atomic mass is 79.9. The zero-order chi connectivity index (χ0) is 84.5. The highest BCUT2D eigenvalue weighted by molar-refractivity contribution is 9.10. The SMILES string of the molecule is Br.CC.CC(C)(C)OC(=O)N1CC[C@H](C(=O)Nc2nc3c(s2)CN(C(=O)OCC2c4ccccc4-c4ccccc42)CC3)C1.CC(C)(C)OC(=O)N1CC[C@H](C(=O)Nc2nc3c(s2)CNCC3)C1.Nc1nc2c(s1)CN(C(=O)OCC1c3ccccc3-c3ccccc31)CC2.Nc1nc2c(s1)CNCC2.O=C1CCNCC1.O=C1CCNCC1Br. The van der Waals surface area contributed by atoms with Crippen molar-refractivity contribution in [1.82, 2.24) is 60.8 Å². The van der Waals surface area contributed by atoms with Crippen LogP contribution < -0.4 is 43.4 Å². The van der Waals surface area contributed by atoms with E-state index in [1.807, 2.05) is 91.8 Å². The first-order valence-corrected chi connectivity index (χ1v) is 45.2. The van der Waals surface area contributed by atoms with Crippen LogP contribution in [0.15, 0.2) is 97.1 Å². The van der Waals surface area contributed by atoms with Crippen molar-refractivity contribution in [3.63, 3.8) is 0 Å². The van der Waals surface area contributed by atoms with Gasteiger partial charge in [-0.2, -0.15) is 0 Å². The molecule has 644 valence electrons. The fourth-order valence-electron chi connectivity index (χ4n) is 15.2. The van der Waals surface area contributed by atoms with Crippen LogP contribution in [0.1, 0.15) is 164 Å². The van der Waals surface area contributed by atoms with Gasteiger partial charge in [-0.15, -0.1) is 51.0 Å². The Bertz CT molecular complexity index is 4760. The molecular weight excluding hydrogens is 1740 g/mol. The first-order chi connectivity index (χ1) is 57.2. The van der Waals surface area contributed by atoms with Gasteiger partial charge in [0.25, 0.3) is 0 Å². The smallest absolute Gasteiger partial charge is 0.410 e. The number of halogens is 2. The number of alkyl halides is 1. The minimum absolute atomic E-state index is 0.